The van der Waals surface area contributed by atoms with Crippen molar-refractivity contribution in [3.05, 3.63) is 45.2 Å². The van der Waals surface area contributed by atoms with Crippen molar-refractivity contribution in [2.45, 2.75) is 261 Å². The van der Waals surface area contributed by atoms with Crippen LogP contribution in [0.3, 0.4) is 0 Å². The number of rotatable bonds is 43. The molecule has 1 aliphatic heterocycles. The summed E-state index contributed by atoms with van der Waals surface area (Å²) in [5.74, 6) is 1.10. The van der Waals surface area contributed by atoms with E-state index in [-0.39, 0.29) is 20.5 Å². The number of ketones is 1. The molecule has 0 aromatic carbocycles. The Kier molecular flexibility index (Phi) is 57.8. The number of carbonyl (C=O) groups excluding carboxylic acids is 3. The Labute approximate surface area is 441 Å². The van der Waals surface area contributed by atoms with Crippen LogP contribution >= 0.6 is 11.3 Å². The first-order valence-electron chi connectivity index (χ1n) is 28.7. The van der Waals surface area contributed by atoms with Crippen LogP contribution in [0, 0.1) is 12.8 Å². The molecule has 70 heavy (non-hydrogen) atoms. The summed E-state index contributed by atoms with van der Waals surface area (Å²) >= 11 is 1.83. The number of likely N-dealkylation sites (N-methyl/N-ethyl adjacent to an activating group) is 1. The molecule has 414 valence electrons. The quantitative estimate of drug-likeness (QED) is 0.0396. The number of amides is 1. The van der Waals surface area contributed by atoms with Crippen LogP contribution in [-0.2, 0) is 32.0 Å². The third-order valence-corrected chi connectivity index (χ3v) is 14.0. The Morgan fingerprint density at radius 2 is 1.24 bits per heavy atom. The van der Waals surface area contributed by atoms with Crippen LogP contribution in [-0.4, -0.2) is 88.6 Å². The van der Waals surface area contributed by atoms with E-state index in [1.165, 1.54) is 182 Å². The molecule has 0 saturated carbocycles. The van der Waals surface area contributed by atoms with Crippen LogP contribution < -0.4 is 5.32 Å². The van der Waals surface area contributed by atoms with E-state index in [2.05, 4.69) is 67.1 Å². The number of unbranched alkanes of at least 4 members (excludes halogenated alkanes) is 21. The zero-order valence-corrected chi connectivity index (χ0v) is 47.8. The molecule has 0 radical (unpaired) electrons. The van der Waals surface area contributed by atoms with Gasteiger partial charge in [-0.2, -0.15) is 0 Å². The van der Waals surface area contributed by atoms with E-state index in [9.17, 15) is 9.59 Å². The fourth-order valence-corrected chi connectivity index (χ4v) is 9.97. The predicted octanol–water partition coefficient (Wildman–Crippen LogP) is 17.5. The maximum absolute atomic E-state index is 12.8. The second kappa shape index (κ2) is 56.1. The van der Waals surface area contributed by atoms with Crippen molar-refractivity contribution in [2.75, 3.05) is 60.3 Å². The van der Waals surface area contributed by atoms with Crippen LogP contribution in [0.15, 0.2) is 24.3 Å². The normalized spacial score (nSPS) is 12.3. The lowest BCUT2D eigenvalue weighted by Gasteiger charge is -2.27. The van der Waals surface area contributed by atoms with Crippen molar-refractivity contribution in [3.63, 3.8) is 0 Å². The van der Waals surface area contributed by atoms with Gasteiger partial charge in [-0.1, -0.05) is 188 Å². The molecule has 8 nitrogen and oxygen atoms in total. The van der Waals surface area contributed by atoms with Crippen LogP contribution in [0.2, 0.25) is 0 Å². The molecule has 2 rings (SSSR count). The highest BCUT2D eigenvalue weighted by atomic mass is 32.1. The molecule has 0 unspecified atom stereocenters. The van der Waals surface area contributed by atoms with E-state index >= 15 is 0 Å². The lowest BCUT2D eigenvalue weighted by atomic mass is 9.95. The number of hydrogen-bond acceptors (Lipinski definition) is 8. The van der Waals surface area contributed by atoms with Gasteiger partial charge in [-0.05, 0) is 117 Å². The third kappa shape index (κ3) is 44.5. The number of nitrogens with zero attached hydrogens (tertiary/aromatic N) is 2. The van der Waals surface area contributed by atoms with Gasteiger partial charge in [-0.15, -0.1) is 11.3 Å². The standard InChI is InChI=1S/C31H53N3OS.C26H52O3.C2H6.CH2O.CH4.H2/c1-5-6-7-8-9-10-11-12-13-14-15-16-17-18-19-20-23-34-24-21-28-29(26-34)36-27(2)30(28)31(35)32-22-25-33(3)4;1-4-6-8-10-12-16-20-26(21-17-13-11-9-7-5-2)23-29-24-28-22-18-14-15-19-25(3)27;2*1-2;;/h9-10,12-13H,5-8,11,14-26H2,1-4H3,(H,32,35);26H,4-24H2,1-3H3;1-2H3;1H2;1H4;1H/b10-9-,13-12-;;;;;. The molecule has 1 aromatic rings. The average molecular weight is 1010 g/mol. The molecule has 2 heterocycles. The van der Waals surface area contributed by atoms with Crippen LogP contribution in [0.5, 0.6) is 0 Å². The van der Waals surface area contributed by atoms with Crippen LogP contribution in [0.25, 0.3) is 0 Å². The van der Waals surface area contributed by atoms with Crippen LogP contribution in [0.1, 0.15) is 269 Å². The van der Waals surface area contributed by atoms with Crippen molar-refractivity contribution in [3.8, 4) is 0 Å². The molecule has 0 saturated heterocycles. The summed E-state index contributed by atoms with van der Waals surface area (Å²) in [6.45, 7) is 23.5. The molecular formula is C61H119N3O5S. The maximum atomic E-state index is 12.8. The number of fused-ring (bicyclic) bond motifs is 1. The van der Waals surface area contributed by atoms with Crippen molar-refractivity contribution in [1.29, 1.82) is 0 Å². The Morgan fingerprint density at radius 1 is 0.729 bits per heavy atom. The van der Waals surface area contributed by atoms with Gasteiger partial charge < -0.3 is 29.3 Å². The molecule has 0 spiro atoms. The van der Waals surface area contributed by atoms with Gasteiger partial charge >= 0.3 is 0 Å². The molecule has 0 aliphatic carbocycles. The number of carbonyl (C=O) groups is 3. The van der Waals surface area contributed by atoms with E-state index in [0.29, 0.717) is 25.7 Å². The second-order valence-corrected chi connectivity index (χ2v) is 20.8. The highest BCUT2D eigenvalue weighted by Crippen LogP contribution is 2.33. The molecule has 0 bridgehead atoms. The smallest absolute Gasteiger partial charge is 0.252 e. The predicted molar refractivity (Wildman–Crippen MR) is 311 cm³/mol. The first kappa shape index (κ1) is 72.1. The minimum absolute atomic E-state index is 0. The number of aryl methyl sites for hydroxylation is 1. The largest absolute Gasteiger partial charge is 0.355 e. The molecule has 1 N–H and O–H groups in total. The number of thiophene rings is 1. The lowest BCUT2D eigenvalue weighted by Crippen LogP contribution is -2.34. The van der Waals surface area contributed by atoms with Gasteiger partial charge in [-0.25, -0.2) is 0 Å². The van der Waals surface area contributed by atoms with Crippen molar-refractivity contribution in [2.24, 2.45) is 5.92 Å². The van der Waals surface area contributed by atoms with Gasteiger partial charge in [-0.3, -0.25) is 9.69 Å². The molecule has 1 amide bonds. The van der Waals surface area contributed by atoms with E-state index < -0.39 is 0 Å². The molecule has 0 fully saturated rings. The number of nitrogens with one attached hydrogen (secondary N) is 1. The fourth-order valence-electron chi connectivity index (χ4n) is 8.71. The highest BCUT2D eigenvalue weighted by Gasteiger charge is 2.26. The molecule has 1 aliphatic rings. The second-order valence-electron chi connectivity index (χ2n) is 19.5. The summed E-state index contributed by atoms with van der Waals surface area (Å²) < 4.78 is 11.5. The lowest BCUT2D eigenvalue weighted by molar-refractivity contribution is -0.117. The number of allylic oxidation sites excluding steroid dienone is 4. The summed E-state index contributed by atoms with van der Waals surface area (Å²) in [5, 5.41) is 3.11. The monoisotopic (exact) mass is 1010 g/mol. The van der Waals surface area contributed by atoms with Crippen molar-refractivity contribution >= 4 is 29.8 Å². The minimum atomic E-state index is 0. The zero-order chi connectivity index (χ0) is 51.4. The Bertz CT molecular complexity index is 1320. The van der Waals surface area contributed by atoms with Crippen molar-refractivity contribution < 1.29 is 25.3 Å². The van der Waals surface area contributed by atoms with Gasteiger partial charge in [0.25, 0.3) is 5.91 Å². The van der Waals surface area contributed by atoms with Crippen molar-refractivity contribution in [1.82, 2.24) is 15.1 Å². The van der Waals surface area contributed by atoms with E-state index in [0.717, 1.165) is 70.5 Å². The summed E-state index contributed by atoms with van der Waals surface area (Å²) in [4.78, 5) is 39.0. The highest BCUT2D eigenvalue weighted by molar-refractivity contribution is 7.12. The summed E-state index contributed by atoms with van der Waals surface area (Å²) in [5.41, 5.74) is 2.27. The summed E-state index contributed by atoms with van der Waals surface area (Å²) in [6.07, 6.45) is 48.9. The van der Waals surface area contributed by atoms with E-state index in [1.54, 1.807) is 6.92 Å². The first-order chi connectivity index (χ1) is 33.7. The average Bonchev–Trinajstić information content (AvgIpc) is 3.68. The topological polar surface area (TPSA) is 88.2 Å². The Morgan fingerprint density at radius 3 is 1.81 bits per heavy atom. The minimum Gasteiger partial charge on any atom is -0.355 e. The Balaban J connectivity index is -0.000000587. The molecule has 0 atom stereocenters. The van der Waals surface area contributed by atoms with Gasteiger partial charge in [0, 0.05) is 50.4 Å². The summed E-state index contributed by atoms with van der Waals surface area (Å²) in [6, 6.07) is 0. The summed E-state index contributed by atoms with van der Waals surface area (Å²) in [7, 11) is 4.07. The maximum Gasteiger partial charge on any atom is 0.252 e. The van der Waals surface area contributed by atoms with E-state index in [4.69, 9.17) is 14.3 Å². The fraction of sp³-hybridized carbons (Fsp3) is 0.820. The van der Waals surface area contributed by atoms with E-state index in [1.807, 2.05) is 46.1 Å². The van der Waals surface area contributed by atoms with Gasteiger partial charge in [0.2, 0.25) is 0 Å². The third-order valence-electron chi connectivity index (χ3n) is 12.8. The molecular weight excluding hydrogens is 887 g/mol. The number of Topliss-reactive ketones (excluding diaryl/α,β-unsaturated/α-hetero) is 1. The number of ether oxygens (including phenoxy) is 2. The van der Waals surface area contributed by atoms with Gasteiger partial charge in [0.05, 0.1) is 12.2 Å². The Hall–Kier alpha value is -2.17. The number of hydrogen-bond donors (Lipinski definition) is 1. The van der Waals surface area contributed by atoms with Gasteiger partial charge in [0.1, 0.15) is 19.4 Å². The molecule has 1 aromatic heterocycles. The zero-order valence-electron chi connectivity index (χ0n) is 47.0. The van der Waals surface area contributed by atoms with Gasteiger partial charge in [0.15, 0.2) is 0 Å². The SMILES string of the molecule is C.C=O.CC.CCCCC/C=C\C/C=C\CCCCCCCCN1CCc2c(sc(C)c2C(=O)NCCN(C)C)C1.CCCCCCCCC(CCCCCCCC)COCOCCCCCC(C)=O.[HH]. The van der Waals surface area contributed by atoms with Crippen LogP contribution in [0.4, 0.5) is 0 Å². The molecule has 9 heteroatoms. The first-order valence-corrected chi connectivity index (χ1v) is 29.5.